The van der Waals surface area contributed by atoms with Gasteiger partial charge in [-0.15, -0.1) is 0 Å². The minimum atomic E-state index is -0.469. The fraction of sp³-hybridized carbons (Fsp3) is 0.222. The first-order valence-corrected chi connectivity index (χ1v) is 4.97. The Kier molecular flexibility index (Phi) is 3.79. The number of hydrogen-bond donors (Lipinski definition) is 1. The Hall–Kier alpha value is -1.43. The number of carbonyl (C=O) groups excluding carboxylic acids is 1. The summed E-state index contributed by atoms with van der Waals surface area (Å²) in [4.78, 5) is 20.9. The van der Waals surface area contributed by atoms with Gasteiger partial charge in [-0.3, -0.25) is 14.9 Å². The van der Waals surface area contributed by atoms with E-state index in [-0.39, 0.29) is 18.1 Å². The van der Waals surface area contributed by atoms with Crippen LogP contribution >= 0.6 is 15.9 Å². The number of nitro benzene ring substituents is 1. The molecule has 1 aromatic rings. The van der Waals surface area contributed by atoms with E-state index < -0.39 is 4.92 Å². The Labute approximate surface area is 94.8 Å². The first-order chi connectivity index (χ1) is 7.00. The third kappa shape index (κ3) is 3.32. The summed E-state index contributed by atoms with van der Waals surface area (Å²) in [6, 6.07) is 4.62. The van der Waals surface area contributed by atoms with E-state index in [9.17, 15) is 14.9 Å². The summed E-state index contributed by atoms with van der Waals surface area (Å²) in [7, 11) is 0. The molecule has 0 aromatic heterocycles. The molecule has 0 saturated carbocycles. The minimum absolute atomic E-state index is 0.00644. The molecule has 1 rings (SSSR count). The number of nitrogens with one attached hydrogen (secondary N) is 1. The van der Waals surface area contributed by atoms with Gasteiger partial charge in [0.15, 0.2) is 0 Å². The van der Waals surface area contributed by atoms with Crippen molar-refractivity contribution < 1.29 is 9.72 Å². The third-order valence-corrected chi connectivity index (χ3v) is 2.26. The van der Waals surface area contributed by atoms with Crippen LogP contribution < -0.4 is 5.32 Å². The fourth-order valence-corrected chi connectivity index (χ4v) is 1.50. The molecular weight excluding hydrogens is 264 g/mol. The van der Waals surface area contributed by atoms with Crippen molar-refractivity contribution >= 4 is 27.5 Å². The number of benzene rings is 1. The number of nitro groups is 1. The zero-order valence-electron chi connectivity index (χ0n) is 7.99. The van der Waals surface area contributed by atoms with E-state index in [0.29, 0.717) is 5.56 Å². The molecule has 0 aliphatic rings. The average molecular weight is 273 g/mol. The van der Waals surface area contributed by atoms with Gasteiger partial charge in [0.25, 0.3) is 5.69 Å². The molecule has 0 radical (unpaired) electrons. The predicted molar refractivity (Wildman–Crippen MR) is 58.3 cm³/mol. The van der Waals surface area contributed by atoms with Gasteiger partial charge in [-0.25, -0.2) is 0 Å². The maximum Gasteiger partial charge on any atom is 0.274 e. The normalized spacial score (nSPS) is 9.73. The summed E-state index contributed by atoms with van der Waals surface area (Å²) >= 11 is 3.22. The van der Waals surface area contributed by atoms with Crippen molar-refractivity contribution in [3.8, 4) is 0 Å². The number of rotatable bonds is 3. The van der Waals surface area contributed by atoms with E-state index in [0.717, 1.165) is 4.47 Å². The lowest BCUT2D eigenvalue weighted by Gasteiger charge is -2.04. The van der Waals surface area contributed by atoms with Gasteiger partial charge in [0.1, 0.15) is 0 Å². The van der Waals surface area contributed by atoms with Crippen LogP contribution in [0.15, 0.2) is 22.7 Å². The molecule has 0 unspecified atom stereocenters. The van der Waals surface area contributed by atoms with Crippen LogP contribution in [-0.4, -0.2) is 10.8 Å². The summed E-state index contributed by atoms with van der Waals surface area (Å²) in [5.41, 5.74) is 0.483. The van der Waals surface area contributed by atoms with Gasteiger partial charge in [0, 0.05) is 24.0 Å². The Morgan fingerprint density at radius 1 is 1.60 bits per heavy atom. The van der Waals surface area contributed by atoms with Crippen molar-refractivity contribution in [2.75, 3.05) is 0 Å². The number of nitrogens with zero attached hydrogens (tertiary/aromatic N) is 1. The SMILES string of the molecule is CC(=O)NCc1cc(Br)ccc1[N+](=O)[O-]. The Bertz CT molecular complexity index is 406. The fourth-order valence-electron chi connectivity index (χ4n) is 1.09. The smallest absolute Gasteiger partial charge is 0.274 e. The summed E-state index contributed by atoms with van der Waals surface area (Å²) in [5, 5.41) is 13.2. The zero-order chi connectivity index (χ0) is 11.4. The van der Waals surface area contributed by atoms with E-state index in [2.05, 4.69) is 21.2 Å². The van der Waals surface area contributed by atoms with Crippen molar-refractivity contribution in [3.63, 3.8) is 0 Å². The molecule has 0 aliphatic heterocycles. The van der Waals surface area contributed by atoms with Gasteiger partial charge < -0.3 is 5.32 Å². The molecule has 0 saturated heterocycles. The molecule has 0 spiro atoms. The van der Waals surface area contributed by atoms with Gasteiger partial charge in [-0.2, -0.15) is 0 Å². The second-order valence-electron chi connectivity index (χ2n) is 2.94. The van der Waals surface area contributed by atoms with Crippen LogP contribution in [0.3, 0.4) is 0 Å². The molecular formula is C9H9BrN2O3. The lowest BCUT2D eigenvalue weighted by atomic mass is 10.2. The summed E-state index contributed by atoms with van der Waals surface area (Å²) < 4.78 is 0.744. The van der Waals surface area contributed by atoms with Gasteiger partial charge in [0.2, 0.25) is 5.91 Å². The second-order valence-corrected chi connectivity index (χ2v) is 3.86. The summed E-state index contributed by atoms with van der Waals surface area (Å²) in [5.74, 6) is -0.218. The molecule has 1 aromatic carbocycles. The number of halogens is 1. The summed E-state index contributed by atoms with van der Waals surface area (Å²) in [6.07, 6.45) is 0. The highest BCUT2D eigenvalue weighted by molar-refractivity contribution is 9.10. The first kappa shape index (κ1) is 11.6. The van der Waals surface area contributed by atoms with E-state index in [1.54, 1.807) is 12.1 Å². The molecule has 5 nitrogen and oxygen atoms in total. The number of amides is 1. The summed E-state index contributed by atoms with van der Waals surface area (Å²) in [6.45, 7) is 1.52. The number of carbonyl (C=O) groups is 1. The molecule has 0 aliphatic carbocycles. The molecule has 0 heterocycles. The largest absolute Gasteiger partial charge is 0.352 e. The van der Waals surface area contributed by atoms with Gasteiger partial charge in [-0.05, 0) is 12.1 Å². The van der Waals surface area contributed by atoms with E-state index >= 15 is 0 Å². The molecule has 0 bridgehead atoms. The van der Waals surface area contributed by atoms with Crippen LogP contribution in [0, 0.1) is 10.1 Å². The highest BCUT2D eigenvalue weighted by Gasteiger charge is 2.13. The third-order valence-electron chi connectivity index (χ3n) is 1.77. The van der Waals surface area contributed by atoms with E-state index in [1.165, 1.54) is 13.0 Å². The van der Waals surface area contributed by atoms with Crippen molar-refractivity contribution in [2.24, 2.45) is 0 Å². The van der Waals surface area contributed by atoms with Gasteiger partial charge in [-0.1, -0.05) is 15.9 Å². The molecule has 6 heteroatoms. The van der Waals surface area contributed by atoms with Crippen LogP contribution in [0.4, 0.5) is 5.69 Å². The highest BCUT2D eigenvalue weighted by atomic mass is 79.9. The second kappa shape index (κ2) is 4.88. The van der Waals surface area contributed by atoms with Crippen LogP contribution in [0.2, 0.25) is 0 Å². The lowest BCUT2D eigenvalue weighted by Crippen LogP contribution is -2.19. The quantitative estimate of drug-likeness (QED) is 0.676. The Morgan fingerprint density at radius 3 is 2.80 bits per heavy atom. The van der Waals surface area contributed by atoms with E-state index in [4.69, 9.17) is 0 Å². The predicted octanol–water partition coefficient (Wildman–Crippen LogP) is 1.99. The van der Waals surface area contributed by atoms with Crippen LogP contribution in [0.25, 0.3) is 0 Å². The molecule has 1 amide bonds. The standard InChI is InChI=1S/C9H9BrN2O3/c1-6(13)11-5-7-4-8(10)2-3-9(7)12(14)15/h2-4H,5H2,1H3,(H,11,13). The van der Waals surface area contributed by atoms with Crippen LogP contribution in [0.5, 0.6) is 0 Å². The maximum absolute atomic E-state index is 10.7. The molecule has 80 valence electrons. The Morgan fingerprint density at radius 2 is 2.27 bits per heavy atom. The Balaban J connectivity index is 2.96. The van der Waals surface area contributed by atoms with Crippen molar-refractivity contribution in [3.05, 3.63) is 38.3 Å². The van der Waals surface area contributed by atoms with E-state index in [1.807, 2.05) is 0 Å². The molecule has 15 heavy (non-hydrogen) atoms. The molecule has 0 fully saturated rings. The lowest BCUT2D eigenvalue weighted by molar-refractivity contribution is -0.385. The van der Waals surface area contributed by atoms with Gasteiger partial charge >= 0.3 is 0 Å². The zero-order valence-corrected chi connectivity index (χ0v) is 9.58. The van der Waals surface area contributed by atoms with Crippen LogP contribution in [0.1, 0.15) is 12.5 Å². The highest BCUT2D eigenvalue weighted by Crippen LogP contribution is 2.22. The van der Waals surface area contributed by atoms with Gasteiger partial charge in [0.05, 0.1) is 10.5 Å². The van der Waals surface area contributed by atoms with Crippen molar-refractivity contribution in [1.29, 1.82) is 0 Å². The van der Waals surface area contributed by atoms with Crippen molar-refractivity contribution in [2.45, 2.75) is 13.5 Å². The maximum atomic E-state index is 10.7. The minimum Gasteiger partial charge on any atom is -0.352 e. The molecule has 1 N–H and O–H groups in total. The number of hydrogen-bond acceptors (Lipinski definition) is 3. The monoisotopic (exact) mass is 272 g/mol. The van der Waals surface area contributed by atoms with Crippen LogP contribution in [-0.2, 0) is 11.3 Å². The first-order valence-electron chi connectivity index (χ1n) is 4.18. The van der Waals surface area contributed by atoms with Crippen molar-refractivity contribution in [1.82, 2.24) is 5.32 Å². The topological polar surface area (TPSA) is 72.2 Å². The average Bonchev–Trinajstić information content (AvgIpc) is 2.14. The molecule has 0 atom stereocenters.